The van der Waals surface area contributed by atoms with E-state index >= 15 is 0 Å². The van der Waals surface area contributed by atoms with Crippen molar-refractivity contribution in [2.45, 2.75) is 50.0 Å². The Hall–Kier alpha value is -2.26. The van der Waals surface area contributed by atoms with Gasteiger partial charge in [-0.25, -0.2) is 13.1 Å². The van der Waals surface area contributed by atoms with E-state index in [-0.39, 0.29) is 11.3 Å². The van der Waals surface area contributed by atoms with Crippen LogP contribution >= 0.6 is 0 Å². The first kappa shape index (κ1) is 22.0. The molecule has 0 radical (unpaired) electrons. The molecule has 1 aromatic rings. The Morgan fingerprint density at radius 1 is 1.36 bits per heavy atom. The zero-order valence-corrected chi connectivity index (χ0v) is 16.9. The summed E-state index contributed by atoms with van der Waals surface area (Å²) in [6, 6.07) is 5.51. The zero-order valence-electron chi connectivity index (χ0n) is 16.1. The molecule has 28 heavy (non-hydrogen) atoms. The molecule has 0 bridgehead atoms. The second-order valence-electron chi connectivity index (χ2n) is 6.76. The van der Waals surface area contributed by atoms with Gasteiger partial charge in [-0.05, 0) is 50.8 Å². The van der Waals surface area contributed by atoms with Gasteiger partial charge in [0.25, 0.3) is 0 Å². The highest BCUT2D eigenvalue weighted by molar-refractivity contribution is 7.89. The number of sulfonamides is 1. The molecule has 0 saturated carbocycles. The fourth-order valence-corrected chi connectivity index (χ4v) is 4.06. The molecule has 0 amide bonds. The summed E-state index contributed by atoms with van der Waals surface area (Å²) < 4.78 is 32.7. The molecule has 0 fully saturated rings. The van der Waals surface area contributed by atoms with Gasteiger partial charge in [-0.1, -0.05) is 6.07 Å². The number of allylic oxidation sites excluding steroid dienone is 1. The van der Waals surface area contributed by atoms with Gasteiger partial charge in [-0.15, -0.1) is 0 Å². The summed E-state index contributed by atoms with van der Waals surface area (Å²) in [4.78, 5) is 10.8. The van der Waals surface area contributed by atoms with E-state index in [1.54, 1.807) is 12.1 Å². The minimum absolute atomic E-state index is 0.0548. The van der Waals surface area contributed by atoms with E-state index in [0.29, 0.717) is 12.4 Å². The highest BCUT2D eigenvalue weighted by atomic mass is 32.2. The number of benzene rings is 1. The van der Waals surface area contributed by atoms with Crippen LogP contribution in [-0.2, 0) is 14.8 Å². The van der Waals surface area contributed by atoms with Crippen molar-refractivity contribution in [3.8, 4) is 5.75 Å². The van der Waals surface area contributed by atoms with Crippen molar-refractivity contribution < 1.29 is 23.1 Å². The number of carboxylic acids is 1. The first-order valence-electron chi connectivity index (χ1n) is 9.52. The van der Waals surface area contributed by atoms with Crippen LogP contribution < -0.4 is 20.1 Å². The third-order valence-corrected chi connectivity index (χ3v) is 5.74. The molecule has 1 aromatic carbocycles. The molecule has 9 heteroatoms. The number of unbranched alkanes of at least 4 members (excludes halogenated alkanes) is 1. The van der Waals surface area contributed by atoms with Crippen LogP contribution in [-0.4, -0.2) is 45.2 Å². The second-order valence-corrected chi connectivity index (χ2v) is 8.48. The Balaban J connectivity index is 1.76. The lowest BCUT2D eigenvalue weighted by molar-refractivity contribution is -0.137. The van der Waals surface area contributed by atoms with Gasteiger partial charge in [0.15, 0.2) is 0 Å². The molecule has 1 aliphatic rings. The summed E-state index contributed by atoms with van der Waals surface area (Å²) in [5.41, 5.74) is 0. The van der Waals surface area contributed by atoms with Gasteiger partial charge in [-0.3, -0.25) is 4.79 Å². The van der Waals surface area contributed by atoms with Gasteiger partial charge < -0.3 is 20.5 Å². The number of carbonyl (C=O) groups is 1. The maximum Gasteiger partial charge on any atom is 0.304 e. The molecule has 8 nitrogen and oxygen atoms in total. The van der Waals surface area contributed by atoms with Gasteiger partial charge >= 0.3 is 5.97 Å². The molecule has 156 valence electrons. The summed E-state index contributed by atoms with van der Waals surface area (Å²) in [5, 5.41) is 15.4. The second kappa shape index (κ2) is 10.9. The van der Waals surface area contributed by atoms with Crippen molar-refractivity contribution in [1.82, 2.24) is 15.4 Å². The summed E-state index contributed by atoms with van der Waals surface area (Å²) in [6.07, 6.45) is 5.92. The van der Waals surface area contributed by atoms with E-state index in [0.717, 1.165) is 38.2 Å². The first-order valence-corrected chi connectivity index (χ1v) is 11.0. The topological polar surface area (TPSA) is 117 Å². The SMILES string of the molecule is CC(CC(=O)O)NS(=O)(=O)c1cccc(OCCCCNC2=CCCCN2)c1. The molecule has 1 unspecified atom stereocenters. The van der Waals surface area contributed by atoms with E-state index in [1.807, 2.05) is 0 Å². The standard InChI is InChI=1S/C19H29N3O5S/c1-15(13-19(23)24)22-28(25,26)17-8-6-7-16(14-17)27-12-5-4-11-21-18-9-2-3-10-20-18/h6-9,14-15,20-22H,2-5,10-13H2,1H3,(H,23,24). The van der Waals surface area contributed by atoms with E-state index in [9.17, 15) is 13.2 Å². The van der Waals surface area contributed by atoms with Gasteiger partial charge in [-0.2, -0.15) is 0 Å². The largest absolute Gasteiger partial charge is 0.494 e. The van der Waals surface area contributed by atoms with E-state index in [1.165, 1.54) is 25.5 Å². The van der Waals surface area contributed by atoms with Crippen LogP contribution in [0.1, 0.15) is 39.0 Å². The lowest BCUT2D eigenvalue weighted by Crippen LogP contribution is -2.34. The predicted octanol–water partition coefficient (Wildman–Crippen LogP) is 1.80. The monoisotopic (exact) mass is 411 g/mol. The van der Waals surface area contributed by atoms with Crippen molar-refractivity contribution >= 4 is 16.0 Å². The van der Waals surface area contributed by atoms with Crippen LogP contribution in [0.25, 0.3) is 0 Å². The summed E-state index contributed by atoms with van der Waals surface area (Å²) in [5.74, 6) is 0.505. The normalized spacial score (nSPS) is 15.2. The third-order valence-electron chi connectivity index (χ3n) is 4.15. The van der Waals surface area contributed by atoms with Crippen LogP contribution in [0.2, 0.25) is 0 Å². The quantitative estimate of drug-likeness (QED) is 0.388. The number of hydrogen-bond donors (Lipinski definition) is 4. The average molecular weight is 412 g/mol. The third kappa shape index (κ3) is 7.77. The Bertz CT molecular complexity index is 780. The summed E-state index contributed by atoms with van der Waals surface area (Å²) in [7, 11) is -3.80. The predicted molar refractivity (Wildman–Crippen MR) is 107 cm³/mol. The number of hydrogen-bond acceptors (Lipinski definition) is 6. The number of carboxylic acid groups (broad SMARTS) is 1. The van der Waals surface area contributed by atoms with Gasteiger partial charge in [0, 0.05) is 25.2 Å². The van der Waals surface area contributed by atoms with Gasteiger partial charge in [0.05, 0.1) is 23.7 Å². The highest BCUT2D eigenvalue weighted by Gasteiger charge is 2.19. The molecular weight excluding hydrogens is 382 g/mol. The van der Waals surface area contributed by atoms with Crippen molar-refractivity contribution in [3.63, 3.8) is 0 Å². The summed E-state index contributed by atoms with van der Waals surface area (Å²) >= 11 is 0. The maximum atomic E-state index is 12.4. The van der Waals surface area contributed by atoms with E-state index < -0.39 is 22.0 Å². The zero-order chi connectivity index (χ0) is 20.4. The van der Waals surface area contributed by atoms with Crippen molar-refractivity contribution in [3.05, 3.63) is 36.2 Å². The lowest BCUT2D eigenvalue weighted by atomic mass is 10.2. The Morgan fingerprint density at radius 3 is 2.89 bits per heavy atom. The van der Waals surface area contributed by atoms with Crippen molar-refractivity contribution in [1.29, 1.82) is 0 Å². The molecule has 2 rings (SSSR count). The smallest absolute Gasteiger partial charge is 0.304 e. The highest BCUT2D eigenvalue weighted by Crippen LogP contribution is 2.18. The van der Waals surface area contributed by atoms with Crippen LogP contribution in [0.5, 0.6) is 5.75 Å². The molecule has 0 saturated heterocycles. The van der Waals surface area contributed by atoms with Crippen LogP contribution in [0.15, 0.2) is 41.1 Å². The molecular formula is C19H29N3O5S. The fourth-order valence-electron chi connectivity index (χ4n) is 2.79. The molecule has 1 heterocycles. The molecule has 1 atom stereocenters. The lowest BCUT2D eigenvalue weighted by Gasteiger charge is -2.17. The molecule has 0 spiro atoms. The molecule has 4 N–H and O–H groups in total. The van der Waals surface area contributed by atoms with Crippen LogP contribution in [0.3, 0.4) is 0 Å². The van der Waals surface area contributed by atoms with Crippen LogP contribution in [0, 0.1) is 0 Å². The Morgan fingerprint density at radius 2 is 2.18 bits per heavy atom. The van der Waals surface area contributed by atoms with Crippen molar-refractivity contribution in [2.75, 3.05) is 19.7 Å². The number of nitrogens with one attached hydrogen (secondary N) is 3. The fraction of sp³-hybridized carbons (Fsp3) is 0.526. The van der Waals surface area contributed by atoms with Gasteiger partial charge in [0.2, 0.25) is 10.0 Å². The number of aliphatic carboxylic acids is 1. The van der Waals surface area contributed by atoms with Crippen LogP contribution in [0.4, 0.5) is 0 Å². The van der Waals surface area contributed by atoms with E-state index in [4.69, 9.17) is 9.84 Å². The minimum atomic E-state index is -3.80. The first-order chi connectivity index (χ1) is 13.4. The average Bonchev–Trinajstić information content (AvgIpc) is 2.64. The Labute approximate surface area is 166 Å². The number of ether oxygens (including phenoxy) is 1. The Kier molecular flexibility index (Phi) is 8.59. The van der Waals surface area contributed by atoms with Gasteiger partial charge in [0.1, 0.15) is 5.75 Å². The molecule has 1 aliphatic heterocycles. The molecule has 0 aliphatic carbocycles. The van der Waals surface area contributed by atoms with Crippen molar-refractivity contribution in [2.24, 2.45) is 0 Å². The minimum Gasteiger partial charge on any atom is -0.494 e. The van der Waals surface area contributed by atoms with E-state index in [2.05, 4.69) is 21.4 Å². The number of rotatable bonds is 12. The summed E-state index contributed by atoms with van der Waals surface area (Å²) in [6.45, 7) is 3.85. The maximum absolute atomic E-state index is 12.4. The molecule has 0 aromatic heterocycles.